The second kappa shape index (κ2) is 7.61. The van der Waals surface area contributed by atoms with Gasteiger partial charge in [-0.1, -0.05) is 24.3 Å². The Kier molecular flexibility index (Phi) is 5.54. The number of ether oxygens (including phenoxy) is 2. The number of hydrogen-bond donors (Lipinski definition) is 2. The van der Waals surface area contributed by atoms with Crippen molar-refractivity contribution in [3.63, 3.8) is 0 Å². The molecule has 0 heterocycles. The topological polar surface area (TPSA) is 67.8 Å². The van der Waals surface area contributed by atoms with Crippen molar-refractivity contribution in [2.45, 2.75) is 0 Å². The van der Waals surface area contributed by atoms with E-state index >= 15 is 0 Å². The molecule has 2 aromatic rings. The van der Waals surface area contributed by atoms with Crippen molar-refractivity contribution < 1.29 is 19.4 Å². The zero-order valence-electron chi connectivity index (χ0n) is 12.0. The predicted molar refractivity (Wildman–Crippen MR) is 82.1 cm³/mol. The number of nitrogens with one attached hydrogen (secondary N) is 1. The highest BCUT2D eigenvalue weighted by atomic mass is 16.5. The summed E-state index contributed by atoms with van der Waals surface area (Å²) < 4.78 is 10.3. The molecule has 21 heavy (non-hydrogen) atoms. The number of rotatable bonds is 8. The molecule has 0 aliphatic heterocycles. The van der Waals surface area contributed by atoms with Crippen molar-refractivity contribution in [3.8, 4) is 0 Å². The van der Waals surface area contributed by atoms with Gasteiger partial charge in [0.05, 0.1) is 25.4 Å². The number of carboxylic acid groups (broad SMARTS) is 1. The number of anilines is 1. The summed E-state index contributed by atoms with van der Waals surface area (Å²) in [5.41, 5.74) is 1.22. The molecule has 0 unspecified atom stereocenters. The normalized spacial score (nSPS) is 10.7. The van der Waals surface area contributed by atoms with Gasteiger partial charge in [-0.3, -0.25) is 0 Å². The van der Waals surface area contributed by atoms with Gasteiger partial charge >= 0.3 is 5.97 Å². The third-order valence-corrected chi connectivity index (χ3v) is 3.15. The highest BCUT2D eigenvalue weighted by Gasteiger charge is 2.10. The summed E-state index contributed by atoms with van der Waals surface area (Å²) in [6, 6.07) is 10.9. The molecule has 0 spiro atoms. The first-order valence-corrected chi connectivity index (χ1v) is 6.79. The van der Waals surface area contributed by atoms with Crippen LogP contribution in [0.2, 0.25) is 0 Å². The molecule has 0 saturated heterocycles. The van der Waals surface area contributed by atoms with E-state index in [0.717, 1.165) is 16.5 Å². The van der Waals surface area contributed by atoms with Gasteiger partial charge in [0, 0.05) is 24.7 Å². The second-order valence-electron chi connectivity index (χ2n) is 4.54. The van der Waals surface area contributed by atoms with Crippen LogP contribution in [0.15, 0.2) is 36.4 Å². The maximum absolute atomic E-state index is 11.2. The Bertz CT molecular complexity index is 612. The standard InChI is InChI=1S/C16H19NO4/c1-20-10-11-21-9-8-17-15-7-6-14(16(18)19)12-4-2-3-5-13(12)15/h2-7,17H,8-11H2,1H3,(H,18,19). The van der Waals surface area contributed by atoms with E-state index in [-0.39, 0.29) is 0 Å². The second-order valence-corrected chi connectivity index (χ2v) is 4.54. The van der Waals surface area contributed by atoms with Gasteiger partial charge in [0.1, 0.15) is 0 Å². The summed E-state index contributed by atoms with van der Waals surface area (Å²) in [7, 11) is 1.64. The summed E-state index contributed by atoms with van der Waals surface area (Å²) >= 11 is 0. The van der Waals surface area contributed by atoms with Crippen LogP contribution in [0.5, 0.6) is 0 Å². The van der Waals surface area contributed by atoms with Crippen LogP contribution >= 0.6 is 0 Å². The number of hydrogen-bond acceptors (Lipinski definition) is 4. The zero-order chi connectivity index (χ0) is 15.1. The van der Waals surface area contributed by atoms with Crippen molar-refractivity contribution in [3.05, 3.63) is 42.0 Å². The summed E-state index contributed by atoms with van der Waals surface area (Å²) in [6.07, 6.45) is 0. The molecule has 2 N–H and O–H groups in total. The van der Waals surface area contributed by atoms with Crippen LogP contribution in [-0.4, -0.2) is 44.6 Å². The zero-order valence-corrected chi connectivity index (χ0v) is 12.0. The van der Waals surface area contributed by atoms with E-state index in [1.807, 2.05) is 24.3 Å². The van der Waals surface area contributed by atoms with Crippen LogP contribution in [0.4, 0.5) is 5.69 Å². The van der Waals surface area contributed by atoms with Gasteiger partial charge in [-0.2, -0.15) is 0 Å². The summed E-state index contributed by atoms with van der Waals surface area (Å²) in [6.45, 7) is 2.37. The Morgan fingerprint density at radius 3 is 2.57 bits per heavy atom. The van der Waals surface area contributed by atoms with E-state index in [1.54, 1.807) is 19.2 Å². The minimum absolute atomic E-state index is 0.312. The number of aromatic carboxylic acids is 1. The fraction of sp³-hybridized carbons (Fsp3) is 0.312. The molecule has 0 bridgehead atoms. The molecule has 0 saturated carbocycles. The van der Waals surface area contributed by atoms with Crippen LogP contribution in [0.3, 0.4) is 0 Å². The molecule has 0 atom stereocenters. The van der Waals surface area contributed by atoms with Crippen LogP contribution in [0, 0.1) is 0 Å². The van der Waals surface area contributed by atoms with Crippen LogP contribution in [-0.2, 0) is 9.47 Å². The Morgan fingerprint density at radius 2 is 1.86 bits per heavy atom. The molecule has 0 aliphatic carbocycles. The highest BCUT2D eigenvalue weighted by molar-refractivity contribution is 6.07. The van der Waals surface area contributed by atoms with E-state index < -0.39 is 5.97 Å². The lowest BCUT2D eigenvalue weighted by atomic mass is 10.0. The Morgan fingerprint density at radius 1 is 1.10 bits per heavy atom. The van der Waals surface area contributed by atoms with Gasteiger partial charge in [0.2, 0.25) is 0 Å². The average Bonchev–Trinajstić information content (AvgIpc) is 2.50. The van der Waals surface area contributed by atoms with E-state index in [4.69, 9.17) is 9.47 Å². The summed E-state index contributed by atoms with van der Waals surface area (Å²) in [5, 5.41) is 14.1. The smallest absolute Gasteiger partial charge is 0.336 e. The fourth-order valence-electron chi connectivity index (χ4n) is 2.14. The molecule has 112 valence electrons. The SMILES string of the molecule is COCCOCCNc1ccc(C(=O)O)c2ccccc12. The van der Waals surface area contributed by atoms with E-state index in [1.165, 1.54) is 0 Å². The highest BCUT2D eigenvalue weighted by Crippen LogP contribution is 2.26. The van der Waals surface area contributed by atoms with Gasteiger partial charge in [0.15, 0.2) is 0 Å². The van der Waals surface area contributed by atoms with Gasteiger partial charge in [-0.25, -0.2) is 4.79 Å². The maximum Gasteiger partial charge on any atom is 0.336 e. The Hall–Kier alpha value is -2.11. The average molecular weight is 289 g/mol. The van der Waals surface area contributed by atoms with Gasteiger partial charge in [0.25, 0.3) is 0 Å². The molecule has 2 aromatic carbocycles. The lowest BCUT2D eigenvalue weighted by Crippen LogP contribution is -2.12. The minimum Gasteiger partial charge on any atom is -0.478 e. The lowest BCUT2D eigenvalue weighted by Gasteiger charge is -2.11. The van der Waals surface area contributed by atoms with E-state index in [0.29, 0.717) is 31.9 Å². The molecular formula is C16H19NO4. The maximum atomic E-state index is 11.2. The van der Waals surface area contributed by atoms with Crippen molar-refractivity contribution in [1.29, 1.82) is 0 Å². The molecular weight excluding hydrogens is 270 g/mol. The quantitative estimate of drug-likeness (QED) is 0.731. The van der Waals surface area contributed by atoms with Crippen molar-refractivity contribution in [1.82, 2.24) is 0 Å². The first-order chi connectivity index (χ1) is 10.2. The largest absolute Gasteiger partial charge is 0.478 e. The number of methoxy groups -OCH3 is 1. The fourth-order valence-corrected chi connectivity index (χ4v) is 2.14. The third kappa shape index (κ3) is 3.93. The number of fused-ring (bicyclic) bond motifs is 1. The first kappa shape index (κ1) is 15.3. The van der Waals surface area contributed by atoms with Crippen LogP contribution in [0.25, 0.3) is 10.8 Å². The molecule has 0 amide bonds. The van der Waals surface area contributed by atoms with Gasteiger partial charge < -0.3 is 19.9 Å². The van der Waals surface area contributed by atoms with Crippen LogP contribution in [0.1, 0.15) is 10.4 Å². The number of carbonyl (C=O) groups is 1. The monoisotopic (exact) mass is 289 g/mol. The minimum atomic E-state index is -0.916. The van der Waals surface area contributed by atoms with Crippen molar-refractivity contribution >= 4 is 22.4 Å². The molecule has 5 nitrogen and oxygen atoms in total. The molecule has 2 rings (SSSR count). The molecule has 0 fully saturated rings. The number of carboxylic acids is 1. The Labute approximate surface area is 123 Å². The molecule has 0 aromatic heterocycles. The van der Waals surface area contributed by atoms with Crippen molar-refractivity contribution in [2.24, 2.45) is 0 Å². The van der Waals surface area contributed by atoms with Gasteiger partial charge in [-0.05, 0) is 17.5 Å². The molecule has 5 heteroatoms. The third-order valence-electron chi connectivity index (χ3n) is 3.15. The van der Waals surface area contributed by atoms with Crippen molar-refractivity contribution in [2.75, 3.05) is 38.8 Å². The molecule has 0 aliphatic rings. The summed E-state index contributed by atoms with van der Waals surface area (Å²) in [4.78, 5) is 11.2. The van der Waals surface area contributed by atoms with Gasteiger partial charge in [-0.15, -0.1) is 0 Å². The van der Waals surface area contributed by atoms with E-state index in [2.05, 4.69) is 5.32 Å². The van der Waals surface area contributed by atoms with Crippen LogP contribution < -0.4 is 5.32 Å². The Balaban J connectivity index is 2.07. The molecule has 0 radical (unpaired) electrons. The lowest BCUT2D eigenvalue weighted by molar-refractivity contribution is 0.0699. The number of benzene rings is 2. The van der Waals surface area contributed by atoms with E-state index in [9.17, 15) is 9.90 Å². The first-order valence-electron chi connectivity index (χ1n) is 6.79. The predicted octanol–water partition coefficient (Wildman–Crippen LogP) is 2.61. The summed E-state index contributed by atoms with van der Waals surface area (Å²) in [5.74, 6) is -0.916.